The molecule has 1 N–H and O–H groups in total. The fourth-order valence-electron chi connectivity index (χ4n) is 4.29. The number of carbonyl (C=O) groups is 2. The zero-order valence-electron chi connectivity index (χ0n) is 24.5. The van der Waals surface area contributed by atoms with Crippen LogP contribution in [0, 0.1) is 0 Å². The van der Waals surface area contributed by atoms with Crippen LogP contribution in [0.4, 0.5) is 11.8 Å². The van der Waals surface area contributed by atoms with Gasteiger partial charge in [-0.05, 0) is 66.7 Å². The quantitative estimate of drug-likeness (QED) is 0.372. The van der Waals surface area contributed by atoms with Gasteiger partial charge in [0.05, 0.1) is 5.41 Å². The van der Waals surface area contributed by atoms with Crippen molar-refractivity contribution in [3.8, 4) is 0 Å². The van der Waals surface area contributed by atoms with Crippen molar-refractivity contribution in [1.82, 2.24) is 19.8 Å². The number of anilines is 2. The molecule has 38 heavy (non-hydrogen) atoms. The van der Waals surface area contributed by atoms with E-state index >= 15 is 0 Å². The average molecular weight is 527 g/mol. The normalized spacial score (nSPS) is 17.2. The first-order valence-corrected chi connectivity index (χ1v) is 13.3. The highest BCUT2D eigenvalue weighted by Gasteiger charge is 2.47. The van der Waals surface area contributed by atoms with Gasteiger partial charge in [-0.25, -0.2) is 4.98 Å². The van der Waals surface area contributed by atoms with E-state index in [1.807, 2.05) is 51.7 Å². The fraction of sp³-hybridized carbons (Fsp3) is 0.586. The molecule has 0 radical (unpaired) electrons. The molecule has 1 saturated heterocycles. The van der Waals surface area contributed by atoms with Crippen molar-refractivity contribution in [3.05, 3.63) is 48.5 Å². The highest BCUT2D eigenvalue weighted by atomic mass is 16.5. The summed E-state index contributed by atoms with van der Waals surface area (Å²) in [4.78, 5) is 38.3. The number of allylic oxidation sites excluding steroid dienone is 2. The molecule has 0 spiro atoms. The van der Waals surface area contributed by atoms with E-state index in [-0.39, 0.29) is 17.6 Å². The Kier molecular flexibility index (Phi) is 10.6. The Morgan fingerprint density at radius 2 is 1.76 bits per heavy atom. The molecule has 0 aromatic carbocycles. The van der Waals surface area contributed by atoms with Gasteiger partial charge in [0.1, 0.15) is 11.4 Å². The van der Waals surface area contributed by atoms with E-state index in [0.717, 1.165) is 50.3 Å². The molecule has 2 aliphatic rings. The molecule has 0 bridgehead atoms. The van der Waals surface area contributed by atoms with Gasteiger partial charge < -0.3 is 19.9 Å². The minimum atomic E-state index is -0.617. The number of amides is 1. The standard InChI is InChI=1S/C24H36N6O.C5H10O2/c1-8-19(9-2)30-21-20(24(5,6)22(30)31)16-25-23(27-21)26-17(3)10-11-18(4)29-14-12-28(7)13-15-29;1-5(2,3)7-4-6/h10-11,16,19H,3-4,8-9,12-15H2,1-2,5-7H3,(H,25,26,27);4H,1-3H3/b11-10-;. The second-order valence-corrected chi connectivity index (χ2v) is 11.3. The van der Waals surface area contributed by atoms with Gasteiger partial charge >= 0.3 is 0 Å². The lowest BCUT2D eigenvalue weighted by Gasteiger charge is -2.34. The van der Waals surface area contributed by atoms with Crippen LogP contribution in [0.2, 0.25) is 0 Å². The van der Waals surface area contributed by atoms with Crippen LogP contribution >= 0.6 is 0 Å². The molecule has 1 fully saturated rings. The maximum Gasteiger partial charge on any atom is 0.293 e. The molecule has 1 aromatic rings. The van der Waals surface area contributed by atoms with Crippen molar-refractivity contribution in [2.24, 2.45) is 0 Å². The summed E-state index contributed by atoms with van der Waals surface area (Å²) < 4.78 is 4.55. The summed E-state index contributed by atoms with van der Waals surface area (Å²) >= 11 is 0. The predicted molar refractivity (Wildman–Crippen MR) is 154 cm³/mol. The number of likely N-dealkylation sites (N-methyl/N-ethyl adjacent to an activating group) is 1. The summed E-state index contributed by atoms with van der Waals surface area (Å²) in [6.07, 6.45) is 7.40. The summed E-state index contributed by atoms with van der Waals surface area (Å²) in [5.74, 6) is 1.24. The van der Waals surface area contributed by atoms with E-state index < -0.39 is 5.41 Å². The Morgan fingerprint density at radius 1 is 1.16 bits per heavy atom. The average Bonchev–Trinajstić information content (AvgIpc) is 3.04. The zero-order valence-corrected chi connectivity index (χ0v) is 24.5. The first-order valence-electron chi connectivity index (χ1n) is 13.3. The summed E-state index contributed by atoms with van der Waals surface area (Å²) in [5.41, 5.74) is 1.58. The van der Waals surface area contributed by atoms with Crippen molar-refractivity contribution < 1.29 is 14.3 Å². The van der Waals surface area contributed by atoms with Gasteiger partial charge in [-0.1, -0.05) is 27.0 Å². The molecular formula is C29H46N6O3. The van der Waals surface area contributed by atoms with Crippen LogP contribution in [-0.4, -0.2) is 77.0 Å². The largest absolute Gasteiger partial charge is 0.462 e. The Bertz CT molecular complexity index is 1030. The number of ether oxygens (including phenoxy) is 1. The lowest BCUT2D eigenvalue weighted by molar-refractivity contribution is -0.138. The van der Waals surface area contributed by atoms with Crippen LogP contribution in [0.3, 0.4) is 0 Å². The van der Waals surface area contributed by atoms with Crippen molar-refractivity contribution in [3.63, 3.8) is 0 Å². The molecule has 9 heteroatoms. The molecule has 0 saturated carbocycles. The topological polar surface area (TPSA) is 90.9 Å². The fourth-order valence-corrected chi connectivity index (χ4v) is 4.29. The Labute approximate surface area is 228 Å². The van der Waals surface area contributed by atoms with Crippen molar-refractivity contribution in [2.75, 3.05) is 43.4 Å². The number of aromatic nitrogens is 2. The number of nitrogens with one attached hydrogen (secondary N) is 1. The first kappa shape index (κ1) is 31.0. The minimum absolute atomic E-state index is 0.0878. The van der Waals surface area contributed by atoms with E-state index in [1.165, 1.54) is 0 Å². The van der Waals surface area contributed by atoms with Gasteiger partial charge in [-0.3, -0.25) is 14.5 Å². The van der Waals surface area contributed by atoms with Crippen LogP contribution in [0.5, 0.6) is 0 Å². The molecule has 9 nitrogen and oxygen atoms in total. The van der Waals surface area contributed by atoms with Crippen LogP contribution in [-0.2, 0) is 19.7 Å². The van der Waals surface area contributed by atoms with Gasteiger partial charge in [-0.15, -0.1) is 0 Å². The molecule has 3 rings (SSSR count). The third kappa shape index (κ3) is 7.90. The number of piperazine rings is 1. The van der Waals surface area contributed by atoms with Crippen molar-refractivity contribution in [1.29, 1.82) is 0 Å². The SMILES string of the molecule is C=C(/C=C\C(=C)N1CCN(C)CC1)Nc1ncc2c(n1)N(C(CC)CC)C(=O)C2(C)C.CC(C)(C)OC=O. The van der Waals surface area contributed by atoms with Crippen LogP contribution < -0.4 is 10.2 Å². The second kappa shape index (κ2) is 13.0. The lowest BCUT2D eigenvalue weighted by Crippen LogP contribution is -2.43. The van der Waals surface area contributed by atoms with Gasteiger partial charge in [0.25, 0.3) is 6.47 Å². The van der Waals surface area contributed by atoms with E-state index in [0.29, 0.717) is 23.9 Å². The molecule has 0 aliphatic carbocycles. The Hall–Kier alpha value is -3.20. The molecule has 1 amide bonds. The molecule has 2 aliphatic heterocycles. The number of rotatable bonds is 9. The van der Waals surface area contributed by atoms with Gasteiger partial charge in [-0.2, -0.15) is 4.98 Å². The maximum atomic E-state index is 13.1. The number of fused-ring (bicyclic) bond motifs is 1. The van der Waals surface area contributed by atoms with E-state index in [2.05, 4.69) is 58.9 Å². The molecule has 3 heterocycles. The van der Waals surface area contributed by atoms with E-state index in [4.69, 9.17) is 4.98 Å². The maximum absolute atomic E-state index is 13.1. The highest BCUT2D eigenvalue weighted by Crippen LogP contribution is 2.42. The molecule has 1 aromatic heterocycles. The van der Waals surface area contributed by atoms with Crippen LogP contribution in [0.1, 0.15) is 66.9 Å². The van der Waals surface area contributed by atoms with E-state index in [9.17, 15) is 9.59 Å². The van der Waals surface area contributed by atoms with E-state index in [1.54, 1.807) is 6.20 Å². The van der Waals surface area contributed by atoms with Crippen molar-refractivity contribution >= 4 is 24.1 Å². The third-order valence-electron chi connectivity index (χ3n) is 6.79. The predicted octanol–water partition coefficient (Wildman–Crippen LogP) is 4.49. The molecule has 0 unspecified atom stereocenters. The summed E-state index contributed by atoms with van der Waals surface area (Å²) in [6.45, 7) is 26.3. The highest BCUT2D eigenvalue weighted by molar-refractivity contribution is 6.07. The zero-order chi connectivity index (χ0) is 28.7. The first-order chi connectivity index (χ1) is 17.7. The summed E-state index contributed by atoms with van der Waals surface area (Å²) in [6, 6.07) is 0.130. The minimum Gasteiger partial charge on any atom is -0.462 e. The molecule has 0 atom stereocenters. The number of hydrogen-bond donors (Lipinski definition) is 1. The monoisotopic (exact) mass is 526 g/mol. The van der Waals surface area contributed by atoms with Crippen LogP contribution in [0.15, 0.2) is 42.9 Å². The molecular weight excluding hydrogens is 480 g/mol. The number of nitrogens with zero attached hydrogens (tertiary/aromatic N) is 5. The molecule has 210 valence electrons. The summed E-state index contributed by atoms with van der Waals surface area (Å²) in [7, 11) is 2.14. The number of hydrogen-bond acceptors (Lipinski definition) is 8. The third-order valence-corrected chi connectivity index (χ3v) is 6.79. The Balaban J connectivity index is 0.000000638. The lowest BCUT2D eigenvalue weighted by atomic mass is 9.88. The van der Waals surface area contributed by atoms with Gasteiger partial charge in [0.2, 0.25) is 11.9 Å². The van der Waals surface area contributed by atoms with Crippen LogP contribution in [0.25, 0.3) is 0 Å². The second-order valence-electron chi connectivity index (χ2n) is 11.3. The van der Waals surface area contributed by atoms with Crippen molar-refractivity contribution in [2.45, 2.75) is 78.4 Å². The summed E-state index contributed by atoms with van der Waals surface area (Å²) in [5, 5.41) is 3.17. The van der Waals surface area contributed by atoms with Gasteiger partial charge in [0.15, 0.2) is 0 Å². The Morgan fingerprint density at radius 3 is 2.26 bits per heavy atom. The smallest absolute Gasteiger partial charge is 0.293 e. The number of carbonyl (C=O) groups excluding carboxylic acids is 2. The van der Waals surface area contributed by atoms with Gasteiger partial charge in [0, 0.05) is 55.4 Å².